The van der Waals surface area contributed by atoms with Crippen LogP contribution < -0.4 is 0 Å². The fourth-order valence-corrected chi connectivity index (χ4v) is 3.21. The number of unbranched alkanes of at least 4 members (excludes halogenated alkanes) is 10. The van der Waals surface area contributed by atoms with Gasteiger partial charge in [0.15, 0.2) is 0 Å². The summed E-state index contributed by atoms with van der Waals surface area (Å²) in [6, 6.07) is 0. The normalized spacial score (nSPS) is 12.3. The highest BCUT2D eigenvalue weighted by atomic mass is 79.9. The van der Waals surface area contributed by atoms with Gasteiger partial charge in [-0.25, -0.2) is 0 Å². The van der Waals surface area contributed by atoms with Crippen molar-refractivity contribution in [1.82, 2.24) is 0 Å². The fraction of sp³-hybridized carbons (Fsp3) is 0.947. The van der Waals surface area contributed by atoms with Crippen LogP contribution >= 0.6 is 16.3 Å². The second kappa shape index (κ2) is 18.3. The van der Waals surface area contributed by atoms with Crippen LogP contribution in [0.15, 0.2) is 0 Å². The van der Waals surface area contributed by atoms with Crippen LogP contribution in [0.25, 0.3) is 0 Å². The molecule has 1 unspecified atom stereocenters. The summed E-state index contributed by atoms with van der Waals surface area (Å²) in [5, 5.41) is 0. The molecule has 0 amide bonds. The molecule has 0 aromatic rings. The molecule has 0 aliphatic rings. The molecule has 0 aromatic heterocycles. The average Bonchev–Trinajstić information content (AvgIpc) is 2.57. The molecule has 23 heavy (non-hydrogen) atoms. The van der Waals surface area contributed by atoms with Gasteiger partial charge in [-0.15, -0.1) is 0 Å². The molecule has 0 heterocycles. The minimum atomic E-state index is -0.0861. The summed E-state index contributed by atoms with van der Waals surface area (Å²) in [6.07, 6.45) is 18.4. The number of carbonyl (C=O) groups is 1. The zero-order chi connectivity index (χ0) is 17.2. The maximum absolute atomic E-state index is 11.0. The molecular weight excluding hydrogens is 356 g/mol. The Morgan fingerprint density at radius 2 is 1.30 bits per heavy atom. The average molecular weight is 393 g/mol. The minimum Gasteiger partial charge on any atom is -0.469 e. The van der Waals surface area contributed by atoms with Gasteiger partial charge in [-0.3, -0.25) is 4.79 Å². The lowest BCUT2D eigenvalue weighted by molar-refractivity contribution is -0.140. The van der Waals surface area contributed by atoms with E-state index in [0.717, 1.165) is 19.3 Å². The number of ether oxygens (including phenoxy) is 1. The molecule has 0 fully saturated rings. The van der Waals surface area contributed by atoms with Gasteiger partial charge < -0.3 is 8.57 Å². The molecule has 3 nitrogen and oxygen atoms in total. The Bertz CT molecular complexity index is 259. The maximum Gasteiger partial charge on any atom is 0.305 e. The van der Waals surface area contributed by atoms with E-state index in [0.29, 0.717) is 12.5 Å². The van der Waals surface area contributed by atoms with E-state index in [-0.39, 0.29) is 5.97 Å². The van der Waals surface area contributed by atoms with Crippen molar-refractivity contribution in [3.63, 3.8) is 0 Å². The Labute approximate surface area is 152 Å². The van der Waals surface area contributed by atoms with Crippen LogP contribution in [-0.2, 0) is 13.4 Å². The van der Waals surface area contributed by atoms with Crippen molar-refractivity contribution in [3.05, 3.63) is 0 Å². The molecule has 0 saturated carbocycles. The van der Waals surface area contributed by atoms with Gasteiger partial charge in [0, 0.05) is 6.42 Å². The first-order valence-corrected chi connectivity index (χ1v) is 10.2. The molecule has 0 N–H and O–H groups in total. The molecular formula is C19H37BrO3. The Morgan fingerprint density at radius 1 is 0.826 bits per heavy atom. The Balaban J connectivity index is 3.34. The lowest BCUT2D eigenvalue weighted by atomic mass is 10.0. The van der Waals surface area contributed by atoms with E-state index in [2.05, 4.69) is 27.9 Å². The SMILES string of the molecule is CCCCCCCCC(CCCCCCCCC(=O)OC)OBr. The van der Waals surface area contributed by atoms with Crippen LogP contribution in [0.3, 0.4) is 0 Å². The zero-order valence-electron chi connectivity index (χ0n) is 15.3. The molecule has 0 aromatic carbocycles. The van der Waals surface area contributed by atoms with Crippen molar-refractivity contribution in [2.45, 2.75) is 109 Å². The summed E-state index contributed by atoms with van der Waals surface area (Å²) in [7, 11) is 1.45. The monoisotopic (exact) mass is 392 g/mol. The third-order valence-electron chi connectivity index (χ3n) is 4.39. The number of rotatable bonds is 17. The molecule has 0 saturated heterocycles. The number of hydrogen-bond acceptors (Lipinski definition) is 3. The van der Waals surface area contributed by atoms with Crippen molar-refractivity contribution in [3.8, 4) is 0 Å². The lowest BCUT2D eigenvalue weighted by Gasteiger charge is -2.13. The first kappa shape index (κ1) is 22.9. The summed E-state index contributed by atoms with van der Waals surface area (Å²) < 4.78 is 10.1. The van der Waals surface area contributed by atoms with Crippen LogP contribution in [0.5, 0.6) is 0 Å². The highest BCUT2D eigenvalue weighted by molar-refractivity contribution is 9.06. The highest BCUT2D eigenvalue weighted by Gasteiger charge is 2.07. The van der Waals surface area contributed by atoms with Gasteiger partial charge in [0.1, 0.15) is 0 Å². The van der Waals surface area contributed by atoms with E-state index >= 15 is 0 Å². The van der Waals surface area contributed by atoms with E-state index in [4.69, 9.17) is 3.83 Å². The minimum absolute atomic E-state index is 0.0861. The standard InChI is InChI=1S/C19H37BrO3/c1-3-4-5-6-9-12-15-18(23-20)16-13-10-7-8-11-14-17-19(21)22-2/h18H,3-17H2,1-2H3. The predicted molar refractivity (Wildman–Crippen MR) is 101 cm³/mol. The van der Waals surface area contributed by atoms with Crippen LogP contribution in [0.2, 0.25) is 0 Å². The van der Waals surface area contributed by atoms with Crippen LogP contribution in [-0.4, -0.2) is 19.2 Å². The smallest absolute Gasteiger partial charge is 0.305 e. The van der Waals surface area contributed by atoms with E-state index in [1.807, 2.05) is 0 Å². The Hall–Kier alpha value is -0.0900. The number of carbonyl (C=O) groups excluding carboxylic acids is 1. The molecule has 138 valence electrons. The van der Waals surface area contributed by atoms with Gasteiger partial charge in [-0.05, 0) is 19.3 Å². The maximum atomic E-state index is 11.0. The number of halogens is 1. The van der Waals surface area contributed by atoms with E-state index in [1.54, 1.807) is 0 Å². The Morgan fingerprint density at radius 3 is 1.78 bits per heavy atom. The van der Waals surface area contributed by atoms with Crippen molar-refractivity contribution in [1.29, 1.82) is 0 Å². The molecule has 0 radical (unpaired) electrons. The van der Waals surface area contributed by atoms with Gasteiger partial charge in [-0.2, -0.15) is 0 Å². The summed E-state index contributed by atoms with van der Waals surface area (Å²) in [4.78, 5) is 11.0. The van der Waals surface area contributed by atoms with Crippen molar-refractivity contribution < 1.29 is 13.4 Å². The molecule has 0 aliphatic heterocycles. The van der Waals surface area contributed by atoms with Crippen molar-refractivity contribution in [2.75, 3.05) is 7.11 Å². The van der Waals surface area contributed by atoms with Gasteiger partial charge in [0.05, 0.1) is 29.5 Å². The summed E-state index contributed by atoms with van der Waals surface area (Å²) in [5.41, 5.74) is 0. The molecule has 0 aliphatic carbocycles. The largest absolute Gasteiger partial charge is 0.469 e. The quantitative estimate of drug-likeness (QED) is 0.203. The van der Waals surface area contributed by atoms with E-state index in [1.165, 1.54) is 77.7 Å². The number of hydrogen-bond donors (Lipinski definition) is 0. The molecule has 0 bridgehead atoms. The predicted octanol–water partition coefficient (Wildman–Crippen LogP) is 6.73. The van der Waals surface area contributed by atoms with Crippen LogP contribution in [0.4, 0.5) is 0 Å². The molecule has 1 atom stereocenters. The third kappa shape index (κ3) is 16.5. The molecule has 0 spiro atoms. The van der Waals surface area contributed by atoms with E-state index in [9.17, 15) is 4.79 Å². The summed E-state index contributed by atoms with van der Waals surface area (Å²) in [6.45, 7) is 2.26. The summed E-state index contributed by atoms with van der Waals surface area (Å²) >= 11 is 3.19. The second-order valence-electron chi connectivity index (χ2n) is 6.50. The topological polar surface area (TPSA) is 35.5 Å². The van der Waals surface area contributed by atoms with Crippen molar-refractivity contribution >= 4 is 22.2 Å². The first-order chi connectivity index (χ1) is 11.2. The zero-order valence-corrected chi connectivity index (χ0v) is 16.9. The number of esters is 1. The van der Waals surface area contributed by atoms with Crippen molar-refractivity contribution in [2.24, 2.45) is 0 Å². The van der Waals surface area contributed by atoms with Gasteiger partial charge in [0.2, 0.25) is 0 Å². The lowest BCUT2D eigenvalue weighted by Crippen LogP contribution is -2.07. The van der Waals surface area contributed by atoms with E-state index < -0.39 is 0 Å². The second-order valence-corrected chi connectivity index (χ2v) is 6.88. The Kier molecular flexibility index (Phi) is 18.2. The summed E-state index contributed by atoms with van der Waals surface area (Å²) in [5.74, 6) is -0.0861. The molecule has 0 rings (SSSR count). The first-order valence-electron chi connectivity index (χ1n) is 9.58. The van der Waals surface area contributed by atoms with Gasteiger partial charge in [0.25, 0.3) is 0 Å². The van der Waals surface area contributed by atoms with Crippen LogP contribution in [0.1, 0.15) is 103 Å². The van der Waals surface area contributed by atoms with Crippen LogP contribution in [0, 0.1) is 0 Å². The third-order valence-corrected chi connectivity index (χ3v) is 4.92. The van der Waals surface area contributed by atoms with Gasteiger partial charge in [-0.1, -0.05) is 77.6 Å². The fourth-order valence-electron chi connectivity index (χ4n) is 2.84. The molecule has 4 heteroatoms. The number of methoxy groups -OCH3 is 1. The highest BCUT2D eigenvalue weighted by Crippen LogP contribution is 2.18. The van der Waals surface area contributed by atoms with Gasteiger partial charge >= 0.3 is 5.97 Å².